The third-order valence-corrected chi connectivity index (χ3v) is 1.80. The van der Waals surface area contributed by atoms with Gasteiger partial charge in [-0.3, -0.25) is 9.59 Å². The first-order chi connectivity index (χ1) is 5.69. The van der Waals surface area contributed by atoms with Crippen LogP contribution in [-0.4, -0.2) is 36.5 Å². The van der Waals surface area contributed by atoms with E-state index in [1.807, 2.05) is 0 Å². The van der Waals surface area contributed by atoms with Crippen molar-refractivity contribution >= 4 is 11.9 Å². The van der Waals surface area contributed by atoms with Gasteiger partial charge in [0.25, 0.3) is 0 Å². The van der Waals surface area contributed by atoms with Crippen LogP contribution < -0.4 is 0 Å². The predicted molar refractivity (Wildman–Crippen MR) is 42.3 cm³/mol. The molecule has 0 bridgehead atoms. The first-order valence-corrected chi connectivity index (χ1v) is 3.69. The first-order valence-electron chi connectivity index (χ1n) is 3.69. The molecule has 0 aromatic heterocycles. The molecular weight excluding hydrogens is 158 g/mol. The van der Waals surface area contributed by atoms with Gasteiger partial charge in [0.15, 0.2) is 0 Å². The molecule has 1 rings (SSSR count). The van der Waals surface area contributed by atoms with E-state index < -0.39 is 0 Å². The van der Waals surface area contributed by atoms with Gasteiger partial charge in [-0.25, -0.2) is 0 Å². The summed E-state index contributed by atoms with van der Waals surface area (Å²) in [6, 6.07) is 0.0305. The normalized spacial score (nSPS) is 20.1. The molecule has 0 N–H and O–H groups in total. The number of amides is 1. The number of hydrogen-bond donors (Lipinski definition) is 0. The van der Waals surface area contributed by atoms with Crippen LogP contribution in [0.1, 0.15) is 6.42 Å². The maximum atomic E-state index is 10.9. The molecule has 1 aliphatic heterocycles. The van der Waals surface area contributed by atoms with Crippen molar-refractivity contribution in [2.24, 2.45) is 0 Å². The number of ether oxygens (including phenoxy) is 1. The fraction of sp³-hybridized carbons (Fsp3) is 0.500. The number of esters is 1. The van der Waals surface area contributed by atoms with E-state index in [1.165, 1.54) is 13.2 Å². The van der Waals surface area contributed by atoms with E-state index in [0.717, 1.165) is 0 Å². The number of hydrogen-bond acceptors (Lipinski definition) is 3. The Morgan fingerprint density at radius 3 is 2.92 bits per heavy atom. The lowest BCUT2D eigenvalue weighted by molar-refractivity contribution is -0.140. The highest BCUT2D eigenvalue weighted by Crippen LogP contribution is 2.21. The van der Waals surface area contributed by atoms with Gasteiger partial charge in [0, 0.05) is 6.54 Å². The molecule has 1 aliphatic rings. The molecule has 0 spiro atoms. The summed E-state index contributed by atoms with van der Waals surface area (Å²) < 4.78 is 4.46. The summed E-state index contributed by atoms with van der Waals surface area (Å²) in [5.74, 6) is -0.400. The van der Waals surface area contributed by atoms with Gasteiger partial charge in [0.2, 0.25) is 5.91 Å². The number of rotatable bonds is 3. The molecule has 1 amide bonds. The molecule has 4 heteroatoms. The van der Waals surface area contributed by atoms with E-state index in [0.29, 0.717) is 6.54 Å². The topological polar surface area (TPSA) is 46.4 Å². The number of nitrogens with zero attached hydrogens (tertiary/aromatic N) is 1. The van der Waals surface area contributed by atoms with Crippen molar-refractivity contribution in [2.45, 2.75) is 12.5 Å². The number of carbonyl (C=O) groups excluding carboxylic acids is 2. The molecule has 66 valence electrons. The van der Waals surface area contributed by atoms with Crippen LogP contribution in [0.3, 0.4) is 0 Å². The van der Waals surface area contributed by atoms with E-state index in [2.05, 4.69) is 11.3 Å². The molecule has 1 heterocycles. The second-order valence-electron chi connectivity index (χ2n) is 2.63. The van der Waals surface area contributed by atoms with Crippen LogP contribution in [0.4, 0.5) is 0 Å². The minimum atomic E-state index is -0.278. The Morgan fingerprint density at radius 2 is 2.42 bits per heavy atom. The van der Waals surface area contributed by atoms with Crippen molar-refractivity contribution in [3.63, 3.8) is 0 Å². The van der Waals surface area contributed by atoms with Crippen LogP contribution in [0.15, 0.2) is 12.7 Å². The van der Waals surface area contributed by atoms with E-state index in [-0.39, 0.29) is 24.3 Å². The summed E-state index contributed by atoms with van der Waals surface area (Å²) in [5, 5.41) is 0. The van der Waals surface area contributed by atoms with Crippen molar-refractivity contribution in [1.29, 1.82) is 0 Å². The molecule has 0 saturated carbocycles. The molecule has 0 aromatic carbocycles. The summed E-state index contributed by atoms with van der Waals surface area (Å²) in [6.45, 7) is 3.99. The summed E-state index contributed by atoms with van der Waals surface area (Å²) >= 11 is 0. The quantitative estimate of drug-likeness (QED) is 0.338. The second kappa shape index (κ2) is 3.38. The molecule has 1 atom stereocenters. The molecule has 1 saturated heterocycles. The lowest BCUT2D eigenvalue weighted by atomic mass is 10.3. The van der Waals surface area contributed by atoms with E-state index in [9.17, 15) is 9.59 Å². The summed E-state index contributed by atoms with van der Waals surface area (Å²) in [7, 11) is 1.34. The van der Waals surface area contributed by atoms with Gasteiger partial charge in [-0.15, -0.1) is 0 Å². The smallest absolute Gasteiger partial charge is 0.307 e. The summed E-state index contributed by atoms with van der Waals surface area (Å²) in [5.41, 5.74) is 0. The van der Waals surface area contributed by atoms with Gasteiger partial charge in [-0.05, 0) is 6.08 Å². The molecule has 4 nitrogen and oxygen atoms in total. The highest BCUT2D eigenvalue weighted by atomic mass is 16.5. The van der Waals surface area contributed by atoms with Crippen LogP contribution >= 0.6 is 0 Å². The molecular formula is C8H11NO3. The van der Waals surface area contributed by atoms with Crippen LogP contribution in [0.2, 0.25) is 0 Å². The minimum absolute atomic E-state index is 0.0305. The standard InChI is InChI=1S/C8H11NO3/c1-3-7(10)9-5-6(9)4-8(11)12-2/h3,6H,1,4-5H2,2H3. The monoisotopic (exact) mass is 169 g/mol. The van der Waals surface area contributed by atoms with Crippen LogP contribution in [0.5, 0.6) is 0 Å². The Labute approximate surface area is 70.8 Å². The van der Waals surface area contributed by atoms with Gasteiger partial charge < -0.3 is 9.64 Å². The van der Waals surface area contributed by atoms with Crippen LogP contribution in [0.25, 0.3) is 0 Å². The number of methoxy groups -OCH3 is 1. The Kier molecular flexibility index (Phi) is 2.47. The fourth-order valence-corrected chi connectivity index (χ4v) is 1.02. The van der Waals surface area contributed by atoms with Gasteiger partial charge in [-0.1, -0.05) is 6.58 Å². The Bertz CT molecular complexity index is 224. The van der Waals surface area contributed by atoms with Crippen LogP contribution in [-0.2, 0) is 14.3 Å². The van der Waals surface area contributed by atoms with Gasteiger partial charge >= 0.3 is 5.97 Å². The Balaban J connectivity index is 2.29. The van der Waals surface area contributed by atoms with Crippen molar-refractivity contribution < 1.29 is 14.3 Å². The van der Waals surface area contributed by atoms with E-state index in [4.69, 9.17) is 0 Å². The average Bonchev–Trinajstić information content (AvgIpc) is 2.82. The predicted octanol–water partition coefficient (Wildman–Crippen LogP) is -0.0537. The second-order valence-corrected chi connectivity index (χ2v) is 2.63. The van der Waals surface area contributed by atoms with E-state index in [1.54, 1.807) is 4.90 Å². The van der Waals surface area contributed by atoms with Crippen molar-refractivity contribution in [3.8, 4) is 0 Å². The molecule has 0 radical (unpaired) electrons. The zero-order valence-electron chi connectivity index (χ0n) is 6.95. The molecule has 12 heavy (non-hydrogen) atoms. The number of carbonyl (C=O) groups is 2. The maximum Gasteiger partial charge on any atom is 0.307 e. The zero-order chi connectivity index (χ0) is 9.14. The lowest BCUT2D eigenvalue weighted by Crippen LogP contribution is -2.13. The largest absolute Gasteiger partial charge is 0.469 e. The van der Waals surface area contributed by atoms with Gasteiger partial charge in [0.05, 0.1) is 19.6 Å². The lowest BCUT2D eigenvalue weighted by Gasteiger charge is -1.98. The van der Waals surface area contributed by atoms with Crippen molar-refractivity contribution in [2.75, 3.05) is 13.7 Å². The summed E-state index contributed by atoms with van der Waals surface area (Å²) in [6.07, 6.45) is 1.54. The summed E-state index contributed by atoms with van der Waals surface area (Å²) in [4.78, 5) is 23.2. The highest BCUT2D eigenvalue weighted by molar-refractivity contribution is 5.89. The third-order valence-electron chi connectivity index (χ3n) is 1.80. The Morgan fingerprint density at radius 1 is 1.75 bits per heavy atom. The Hall–Kier alpha value is -1.32. The first kappa shape index (κ1) is 8.77. The molecule has 1 unspecified atom stereocenters. The molecule has 1 fully saturated rings. The average molecular weight is 169 g/mol. The van der Waals surface area contributed by atoms with Crippen molar-refractivity contribution in [3.05, 3.63) is 12.7 Å². The van der Waals surface area contributed by atoms with Crippen molar-refractivity contribution in [1.82, 2.24) is 4.90 Å². The molecule has 0 aliphatic carbocycles. The fourth-order valence-electron chi connectivity index (χ4n) is 1.02. The SMILES string of the molecule is C=CC(=O)N1CC1CC(=O)OC. The van der Waals surface area contributed by atoms with Gasteiger partial charge in [-0.2, -0.15) is 0 Å². The van der Waals surface area contributed by atoms with Gasteiger partial charge in [0.1, 0.15) is 0 Å². The van der Waals surface area contributed by atoms with Crippen LogP contribution in [0, 0.1) is 0 Å². The maximum absolute atomic E-state index is 10.9. The minimum Gasteiger partial charge on any atom is -0.469 e. The van der Waals surface area contributed by atoms with E-state index >= 15 is 0 Å². The zero-order valence-corrected chi connectivity index (χ0v) is 6.95. The molecule has 0 aromatic rings. The highest BCUT2D eigenvalue weighted by Gasteiger charge is 2.38. The third kappa shape index (κ3) is 1.84.